The molecule has 37 heavy (non-hydrogen) atoms. The first-order valence-electron chi connectivity index (χ1n) is 12.8. The average molecular weight is 514 g/mol. The van der Waals surface area contributed by atoms with E-state index < -0.39 is 24.4 Å². The minimum Gasteiger partial charge on any atom is -0.391 e. The van der Waals surface area contributed by atoms with E-state index in [0.717, 1.165) is 11.1 Å². The first-order chi connectivity index (χ1) is 17.7. The molecule has 200 valence electrons. The van der Waals surface area contributed by atoms with Crippen molar-refractivity contribution in [3.05, 3.63) is 59.4 Å². The van der Waals surface area contributed by atoms with Crippen molar-refractivity contribution in [2.45, 2.75) is 51.0 Å². The molecule has 4 N–H and O–H groups in total. The Hall–Kier alpha value is -2.85. The molecular weight excluding hydrogens is 477 g/mol. The Morgan fingerprint density at radius 2 is 2.05 bits per heavy atom. The molecule has 5 atom stereocenters. The largest absolute Gasteiger partial charge is 0.391 e. The highest BCUT2D eigenvalue weighted by molar-refractivity contribution is 5.79. The smallest absolute Gasteiger partial charge is 0.226 e. The molecule has 2 aromatic rings. The van der Waals surface area contributed by atoms with Crippen molar-refractivity contribution in [2.24, 2.45) is 11.7 Å². The van der Waals surface area contributed by atoms with Crippen LogP contribution < -0.4 is 11.1 Å². The molecule has 4 rings (SSSR count). The summed E-state index contributed by atoms with van der Waals surface area (Å²) in [7, 11) is 0. The Labute approximate surface area is 216 Å². The Balaban J connectivity index is 1.62. The van der Waals surface area contributed by atoms with Gasteiger partial charge in [-0.3, -0.25) is 9.59 Å². The fraction of sp³-hybridized carbons (Fsp3) is 0.500. The minimum atomic E-state index is -0.688. The van der Waals surface area contributed by atoms with Crippen LogP contribution in [0.15, 0.2) is 42.5 Å². The summed E-state index contributed by atoms with van der Waals surface area (Å²) in [6.45, 7) is 4.83. The van der Waals surface area contributed by atoms with Crippen LogP contribution in [0.3, 0.4) is 0 Å². The standard InChI is InChI=1S/C28H36FN3O5/c1-17-5-3-6-19(13-17)26-21(7-4-8-22(26)29)27(37-11-9-31-18(2)33)25-16-32(10-12-36-25)28(35)20-14-23(30)24(34)15-20/h3-8,13,20,23-25,27,34H,9-12,14-16,30H2,1-2H3,(H,31,33)/t20-,23+,24-,25?,27-/m0/s1. The maximum absolute atomic E-state index is 15.3. The number of ether oxygens (including phenoxy) is 2. The highest BCUT2D eigenvalue weighted by Crippen LogP contribution is 2.37. The lowest BCUT2D eigenvalue weighted by Gasteiger charge is -2.38. The molecule has 0 radical (unpaired) electrons. The molecule has 2 amide bonds. The molecule has 0 bridgehead atoms. The molecule has 9 heteroatoms. The second-order valence-corrected chi connectivity index (χ2v) is 9.94. The Morgan fingerprint density at radius 3 is 2.76 bits per heavy atom. The lowest BCUT2D eigenvalue weighted by atomic mass is 9.91. The van der Waals surface area contributed by atoms with Crippen molar-refractivity contribution < 1.29 is 28.6 Å². The number of aliphatic hydroxyl groups is 1. The third-order valence-electron chi connectivity index (χ3n) is 7.10. The van der Waals surface area contributed by atoms with E-state index in [1.807, 2.05) is 37.3 Å². The zero-order chi connectivity index (χ0) is 26.5. The zero-order valence-electron chi connectivity index (χ0n) is 21.4. The number of hydrogen-bond acceptors (Lipinski definition) is 6. The molecular formula is C28H36FN3O5. The lowest BCUT2D eigenvalue weighted by Crippen LogP contribution is -2.50. The first kappa shape index (κ1) is 27.2. The van der Waals surface area contributed by atoms with Crippen LogP contribution >= 0.6 is 0 Å². The summed E-state index contributed by atoms with van der Waals surface area (Å²) in [5.41, 5.74) is 8.70. The van der Waals surface area contributed by atoms with Crippen molar-refractivity contribution >= 4 is 11.8 Å². The van der Waals surface area contributed by atoms with Crippen molar-refractivity contribution in [1.82, 2.24) is 10.2 Å². The van der Waals surface area contributed by atoms with Crippen LogP contribution in [-0.4, -0.2) is 72.9 Å². The number of aliphatic hydroxyl groups excluding tert-OH is 1. The number of morpholine rings is 1. The van der Waals surface area contributed by atoms with Gasteiger partial charge in [0.2, 0.25) is 11.8 Å². The van der Waals surface area contributed by atoms with E-state index in [9.17, 15) is 14.7 Å². The van der Waals surface area contributed by atoms with Gasteiger partial charge in [-0.15, -0.1) is 0 Å². The predicted molar refractivity (Wildman–Crippen MR) is 137 cm³/mol. The van der Waals surface area contributed by atoms with Gasteiger partial charge in [0, 0.05) is 44.1 Å². The number of nitrogens with one attached hydrogen (secondary N) is 1. The molecule has 2 fully saturated rings. The summed E-state index contributed by atoms with van der Waals surface area (Å²) in [6.07, 6.45) is -1.13. The Kier molecular flexibility index (Phi) is 8.91. The van der Waals surface area contributed by atoms with Crippen LogP contribution in [0.2, 0.25) is 0 Å². The summed E-state index contributed by atoms with van der Waals surface area (Å²) in [5, 5.41) is 12.8. The number of nitrogens with zero attached hydrogens (tertiary/aromatic N) is 1. The molecule has 1 saturated carbocycles. The van der Waals surface area contributed by atoms with Crippen LogP contribution in [-0.2, 0) is 19.1 Å². The number of carbonyl (C=O) groups excluding carboxylic acids is 2. The zero-order valence-corrected chi connectivity index (χ0v) is 21.4. The van der Waals surface area contributed by atoms with Crippen molar-refractivity contribution in [1.29, 1.82) is 0 Å². The van der Waals surface area contributed by atoms with Crippen LogP contribution in [0.5, 0.6) is 0 Å². The minimum absolute atomic E-state index is 0.0598. The number of amides is 2. The quantitative estimate of drug-likeness (QED) is 0.467. The maximum atomic E-state index is 15.3. The van der Waals surface area contributed by atoms with Gasteiger partial charge in [0.25, 0.3) is 0 Å². The molecule has 8 nitrogen and oxygen atoms in total. The summed E-state index contributed by atoms with van der Waals surface area (Å²) in [4.78, 5) is 26.4. The third kappa shape index (κ3) is 6.54. The molecule has 1 aliphatic heterocycles. The highest BCUT2D eigenvalue weighted by atomic mass is 19.1. The van der Waals surface area contributed by atoms with Gasteiger partial charge in [-0.25, -0.2) is 4.39 Å². The van der Waals surface area contributed by atoms with E-state index in [1.165, 1.54) is 13.0 Å². The summed E-state index contributed by atoms with van der Waals surface area (Å²) in [5.74, 6) is -0.944. The van der Waals surface area contributed by atoms with E-state index in [-0.39, 0.29) is 43.2 Å². The van der Waals surface area contributed by atoms with Crippen LogP contribution in [0, 0.1) is 18.7 Å². The third-order valence-corrected chi connectivity index (χ3v) is 7.10. The van der Waals surface area contributed by atoms with Crippen LogP contribution in [0.25, 0.3) is 11.1 Å². The van der Waals surface area contributed by atoms with E-state index in [4.69, 9.17) is 15.2 Å². The van der Waals surface area contributed by atoms with Gasteiger partial charge < -0.3 is 30.5 Å². The summed E-state index contributed by atoms with van der Waals surface area (Å²) in [6, 6.07) is 12.1. The molecule has 0 aromatic heterocycles. The molecule has 1 unspecified atom stereocenters. The molecule has 2 aliphatic rings. The fourth-order valence-electron chi connectivity index (χ4n) is 5.26. The number of hydrogen-bond donors (Lipinski definition) is 3. The molecule has 2 aromatic carbocycles. The summed E-state index contributed by atoms with van der Waals surface area (Å²) >= 11 is 0. The summed E-state index contributed by atoms with van der Waals surface area (Å²) < 4.78 is 27.7. The van der Waals surface area contributed by atoms with Gasteiger partial charge in [-0.2, -0.15) is 0 Å². The maximum Gasteiger partial charge on any atom is 0.226 e. The van der Waals surface area contributed by atoms with Gasteiger partial charge in [0.15, 0.2) is 0 Å². The topological polar surface area (TPSA) is 114 Å². The number of aryl methyl sites for hydroxylation is 1. The van der Waals surface area contributed by atoms with Crippen molar-refractivity contribution in [2.75, 3.05) is 32.8 Å². The number of halogens is 1. The van der Waals surface area contributed by atoms with Crippen LogP contribution in [0.4, 0.5) is 4.39 Å². The lowest BCUT2D eigenvalue weighted by molar-refractivity contribution is -0.152. The van der Waals surface area contributed by atoms with E-state index in [0.29, 0.717) is 37.1 Å². The van der Waals surface area contributed by atoms with Crippen molar-refractivity contribution in [3.8, 4) is 11.1 Å². The van der Waals surface area contributed by atoms with E-state index >= 15 is 4.39 Å². The van der Waals surface area contributed by atoms with Crippen molar-refractivity contribution in [3.63, 3.8) is 0 Å². The SMILES string of the molecule is CC(=O)NCCO[C@@H](c1cccc(F)c1-c1cccc(C)c1)C1CN(C(=O)[C@H]2C[C@@H](N)[C@@H](O)C2)CCO1. The van der Waals surface area contributed by atoms with Gasteiger partial charge in [0.1, 0.15) is 18.0 Å². The normalized spacial score (nSPS) is 24.6. The monoisotopic (exact) mass is 513 g/mol. The first-order valence-corrected chi connectivity index (χ1v) is 12.8. The van der Waals surface area contributed by atoms with Gasteiger partial charge >= 0.3 is 0 Å². The predicted octanol–water partition coefficient (Wildman–Crippen LogP) is 2.32. The average Bonchev–Trinajstić information content (AvgIpc) is 3.21. The van der Waals surface area contributed by atoms with Gasteiger partial charge in [-0.05, 0) is 37.0 Å². The van der Waals surface area contributed by atoms with Crippen LogP contribution in [0.1, 0.15) is 37.0 Å². The number of nitrogens with two attached hydrogens (primary N) is 1. The number of rotatable bonds is 8. The van der Waals surface area contributed by atoms with Gasteiger partial charge in [0.05, 0.1) is 19.3 Å². The molecule has 0 spiro atoms. The second kappa shape index (κ2) is 12.1. The number of benzene rings is 2. The molecule has 1 heterocycles. The second-order valence-electron chi connectivity index (χ2n) is 9.94. The number of carbonyl (C=O) groups is 2. The Bertz CT molecular complexity index is 1100. The highest BCUT2D eigenvalue weighted by Gasteiger charge is 2.40. The van der Waals surface area contributed by atoms with Gasteiger partial charge in [-0.1, -0.05) is 42.0 Å². The Morgan fingerprint density at radius 1 is 1.27 bits per heavy atom. The van der Waals surface area contributed by atoms with E-state index in [1.54, 1.807) is 11.0 Å². The fourth-order valence-corrected chi connectivity index (χ4v) is 5.26. The molecule has 1 aliphatic carbocycles. The molecule has 1 saturated heterocycles. The van der Waals surface area contributed by atoms with E-state index in [2.05, 4.69) is 5.32 Å².